The topological polar surface area (TPSA) is 12.9 Å². The molecule has 0 fully saturated rings. The molecular formula is C13H14BrN. The maximum absolute atomic E-state index is 4.13. The largest absolute Gasteiger partial charge is 0.264 e. The van der Waals surface area contributed by atoms with Crippen molar-refractivity contribution < 1.29 is 0 Å². The summed E-state index contributed by atoms with van der Waals surface area (Å²) in [5.41, 5.74) is 2.60. The van der Waals surface area contributed by atoms with Crippen LogP contribution in [0.5, 0.6) is 0 Å². The van der Waals surface area contributed by atoms with Crippen molar-refractivity contribution in [1.82, 2.24) is 4.98 Å². The predicted octanol–water partition coefficient (Wildman–Crippen LogP) is 3.81. The number of pyridine rings is 1. The lowest BCUT2D eigenvalue weighted by Gasteiger charge is -2.10. The monoisotopic (exact) mass is 263 g/mol. The summed E-state index contributed by atoms with van der Waals surface area (Å²) in [5.74, 6) is 0.421. The van der Waals surface area contributed by atoms with Gasteiger partial charge in [-0.05, 0) is 17.2 Å². The van der Waals surface area contributed by atoms with Gasteiger partial charge in [0, 0.05) is 18.3 Å². The van der Waals surface area contributed by atoms with Crippen molar-refractivity contribution in [1.29, 1.82) is 0 Å². The third-order valence-electron chi connectivity index (χ3n) is 2.48. The summed E-state index contributed by atoms with van der Waals surface area (Å²) >= 11 is 0. The smallest absolute Gasteiger partial charge is 0.0305 e. The zero-order valence-electron chi connectivity index (χ0n) is 8.63. The second-order valence-corrected chi connectivity index (χ2v) is 3.42. The molecule has 2 aromatic rings. The Bertz CT molecular complexity index is 346. The Labute approximate surface area is 101 Å². The molecule has 0 spiro atoms. The number of halogens is 1. The van der Waals surface area contributed by atoms with Gasteiger partial charge in [-0.15, -0.1) is 17.0 Å². The van der Waals surface area contributed by atoms with E-state index in [2.05, 4.69) is 42.2 Å². The normalized spacial score (nSPS) is 11.5. The molecule has 1 aromatic heterocycles. The first kappa shape index (κ1) is 11.9. The van der Waals surface area contributed by atoms with Crippen molar-refractivity contribution in [3.63, 3.8) is 0 Å². The molecule has 1 atom stereocenters. The molecule has 1 nitrogen and oxygen atoms in total. The van der Waals surface area contributed by atoms with Crippen LogP contribution in [0.3, 0.4) is 0 Å². The molecule has 78 valence electrons. The van der Waals surface area contributed by atoms with Crippen molar-refractivity contribution in [3.8, 4) is 0 Å². The number of hydrogen-bond acceptors (Lipinski definition) is 1. The minimum absolute atomic E-state index is 0. The molecule has 2 heteroatoms. The highest BCUT2D eigenvalue weighted by Gasteiger charge is 2.06. The SMILES string of the molecule is Br.CC(c1ccccc1)c1cccnc1. The predicted molar refractivity (Wildman–Crippen MR) is 68.5 cm³/mol. The van der Waals surface area contributed by atoms with Crippen LogP contribution in [0, 0.1) is 0 Å². The lowest BCUT2D eigenvalue weighted by molar-refractivity contribution is 0.911. The Hall–Kier alpha value is -1.15. The molecule has 0 saturated heterocycles. The van der Waals surface area contributed by atoms with Crippen LogP contribution in [0.25, 0.3) is 0 Å². The third kappa shape index (κ3) is 2.90. The lowest BCUT2D eigenvalue weighted by atomic mass is 9.95. The van der Waals surface area contributed by atoms with Gasteiger partial charge < -0.3 is 0 Å². The van der Waals surface area contributed by atoms with Gasteiger partial charge in [0.1, 0.15) is 0 Å². The van der Waals surface area contributed by atoms with Crippen molar-refractivity contribution in [2.75, 3.05) is 0 Å². The van der Waals surface area contributed by atoms with Crippen LogP contribution in [0.15, 0.2) is 54.9 Å². The fourth-order valence-corrected chi connectivity index (χ4v) is 1.57. The fraction of sp³-hybridized carbons (Fsp3) is 0.154. The summed E-state index contributed by atoms with van der Waals surface area (Å²) in [6, 6.07) is 14.6. The van der Waals surface area contributed by atoms with Crippen LogP contribution in [-0.2, 0) is 0 Å². The highest BCUT2D eigenvalue weighted by atomic mass is 79.9. The Morgan fingerprint density at radius 3 is 2.20 bits per heavy atom. The quantitative estimate of drug-likeness (QED) is 0.803. The summed E-state index contributed by atoms with van der Waals surface area (Å²) < 4.78 is 0. The number of hydrogen-bond donors (Lipinski definition) is 0. The zero-order valence-corrected chi connectivity index (χ0v) is 10.3. The minimum Gasteiger partial charge on any atom is -0.264 e. The van der Waals surface area contributed by atoms with E-state index in [0.717, 1.165) is 0 Å². The van der Waals surface area contributed by atoms with E-state index in [1.165, 1.54) is 11.1 Å². The molecule has 0 aliphatic rings. The van der Waals surface area contributed by atoms with E-state index in [0.29, 0.717) is 5.92 Å². The molecule has 0 saturated carbocycles. The number of nitrogens with zero attached hydrogens (tertiary/aromatic N) is 1. The van der Waals surface area contributed by atoms with Crippen molar-refractivity contribution >= 4 is 17.0 Å². The van der Waals surface area contributed by atoms with Gasteiger partial charge in [0.2, 0.25) is 0 Å². The van der Waals surface area contributed by atoms with E-state index in [9.17, 15) is 0 Å². The van der Waals surface area contributed by atoms with Gasteiger partial charge in [-0.2, -0.15) is 0 Å². The summed E-state index contributed by atoms with van der Waals surface area (Å²) in [5, 5.41) is 0. The van der Waals surface area contributed by atoms with E-state index in [-0.39, 0.29) is 17.0 Å². The molecular weight excluding hydrogens is 250 g/mol. The van der Waals surface area contributed by atoms with Crippen molar-refractivity contribution in [2.24, 2.45) is 0 Å². The lowest BCUT2D eigenvalue weighted by Crippen LogP contribution is -1.95. The van der Waals surface area contributed by atoms with E-state index >= 15 is 0 Å². The highest BCUT2D eigenvalue weighted by molar-refractivity contribution is 8.93. The molecule has 0 bridgehead atoms. The summed E-state index contributed by atoms with van der Waals surface area (Å²) in [6.45, 7) is 2.20. The van der Waals surface area contributed by atoms with Crippen LogP contribution >= 0.6 is 17.0 Å². The second-order valence-electron chi connectivity index (χ2n) is 3.42. The van der Waals surface area contributed by atoms with Gasteiger partial charge >= 0.3 is 0 Å². The Balaban J connectivity index is 0.00000112. The highest BCUT2D eigenvalue weighted by Crippen LogP contribution is 2.22. The van der Waals surface area contributed by atoms with E-state index < -0.39 is 0 Å². The van der Waals surface area contributed by atoms with Gasteiger partial charge in [0.25, 0.3) is 0 Å². The number of benzene rings is 1. The molecule has 0 aliphatic carbocycles. The van der Waals surface area contributed by atoms with E-state index in [4.69, 9.17) is 0 Å². The number of rotatable bonds is 2. The minimum atomic E-state index is 0. The molecule has 1 heterocycles. The molecule has 2 rings (SSSR count). The molecule has 0 amide bonds. The molecule has 1 unspecified atom stereocenters. The van der Waals surface area contributed by atoms with E-state index in [1.807, 2.05) is 18.3 Å². The van der Waals surface area contributed by atoms with Gasteiger partial charge in [-0.1, -0.05) is 43.3 Å². The zero-order chi connectivity index (χ0) is 9.80. The van der Waals surface area contributed by atoms with Crippen LogP contribution in [-0.4, -0.2) is 4.98 Å². The summed E-state index contributed by atoms with van der Waals surface area (Å²) in [4.78, 5) is 4.13. The molecule has 0 N–H and O–H groups in total. The first-order valence-electron chi connectivity index (χ1n) is 4.83. The van der Waals surface area contributed by atoms with Crippen molar-refractivity contribution in [2.45, 2.75) is 12.8 Å². The van der Waals surface area contributed by atoms with Crippen LogP contribution < -0.4 is 0 Å². The summed E-state index contributed by atoms with van der Waals surface area (Å²) in [6.07, 6.45) is 3.74. The fourth-order valence-electron chi connectivity index (χ4n) is 1.57. The van der Waals surface area contributed by atoms with Gasteiger partial charge in [-0.3, -0.25) is 4.98 Å². The first-order chi connectivity index (χ1) is 6.88. The van der Waals surface area contributed by atoms with Crippen molar-refractivity contribution in [3.05, 3.63) is 66.0 Å². The van der Waals surface area contributed by atoms with Crippen LogP contribution in [0.4, 0.5) is 0 Å². The first-order valence-corrected chi connectivity index (χ1v) is 4.83. The third-order valence-corrected chi connectivity index (χ3v) is 2.48. The molecule has 15 heavy (non-hydrogen) atoms. The second kappa shape index (κ2) is 5.66. The Morgan fingerprint density at radius 2 is 1.60 bits per heavy atom. The average molecular weight is 264 g/mol. The Morgan fingerprint density at radius 1 is 0.933 bits per heavy atom. The Kier molecular flexibility index (Phi) is 4.50. The number of aromatic nitrogens is 1. The molecule has 0 radical (unpaired) electrons. The standard InChI is InChI=1S/C13H13N.BrH/c1-11(12-6-3-2-4-7-12)13-8-5-9-14-10-13;/h2-11H,1H3;1H. The van der Waals surface area contributed by atoms with Crippen LogP contribution in [0.1, 0.15) is 24.0 Å². The maximum atomic E-state index is 4.13. The van der Waals surface area contributed by atoms with Gasteiger partial charge in [0.05, 0.1) is 0 Å². The molecule has 0 aliphatic heterocycles. The average Bonchev–Trinajstić information content (AvgIpc) is 2.30. The summed E-state index contributed by atoms with van der Waals surface area (Å²) in [7, 11) is 0. The van der Waals surface area contributed by atoms with Crippen LogP contribution in [0.2, 0.25) is 0 Å². The van der Waals surface area contributed by atoms with Gasteiger partial charge in [-0.25, -0.2) is 0 Å². The van der Waals surface area contributed by atoms with E-state index in [1.54, 1.807) is 6.20 Å². The molecule has 1 aromatic carbocycles. The van der Waals surface area contributed by atoms with Gasteiger partial charge in [0.15, 0.2) is 0 Å². The maximum Gasteiger partial charge on any atom is 0.0305 e.